The molecule has 0 spiro atoms. The van der Waals surface area contributed by atoms with Gasteiger partial charge in [-0.3, -0.25) is 9.78 Å². The van der Waals surface area contributed by atoms with Gasteiger partial charge in [0.05, 0.1) is 17.7 Å². The molecule has 24 heavy (non-hydrogen) atoms. The Balaban J connectivity index is 1.87. The standard InChI is InChI=1S/C20H26N2O2/c1-3-13(4-2)20(24)22-19(15-10-17(23)11-15)16-9-14-7-5-6-8-18(14)21-12-16/h5-9,12-13,15,17,19,23H,3-4,10-11H2,1-2H3,(H,22,24)/t15?,17?,19-/m0/s1. The highest BCUT2D eigenvalue weighted by Gasteiger charge is 2.36. The van der Waals surface area contributed by atoms with E-state index in [4.69, 9.17) is 0 Å². The first-order valence-corrected chi connectivity index (χ1v) is 8.95. The molecule has 128 valence electrons. The van der Waals surface area contributed by atoms with Crippen molar-refractivity contribution >= 4 is 16.8 Å². The van der Waals surface area contributed by atoms with Crippen LogP contribution in [0.2, 0.25) is 0 Å². The average Bonchev–Trinajstić information content (AvgIpc) is 2.58. The zero-order valence-electron chi connectivity index (χ0n) is 14.4. The second kappa shape index (κ2) is 7.31. The molecule has 1 amide bonds. The minimum Gasteiger partial charge on any atom is -0.393 e. The van der Waals surface area contributed by atoms with Gasteiger partial charge in [-0.25, -0.2) is 0 Å². The topological polar surface area (TPSA) is 62.2 Å². The number of aliphatic hydroxyl groups excluding tert-OH is 1. The van der Waals surface area contributed by atoms with Gasteiger partial charge in [0.2, 0.25) is 5.91 Å². The smallest absolute Gasteiger partial charge is 0.223 e. The van der Waals surface area contributed by atoms with Gasteiger partial charge < -0.3 is 10.4 Å². The summed E-state index contributed by atoms with van der Waals surface area (Å²) in [4.78, 5) is 17.1. The molecule has 0 radical (unpaired) electrons. The lowest BCUT2D eigenvalue weighted by Gasteiger charge is -2.38. The lowest BCUT2D eigenvalue weighted by molar-refractivity contribution is -0.127. The predicted molar refractivity (Wildman–Crippen MR) is 95.4 cm³/mol. The summed E-state index contributed by atoms with van der Waals surface area (Å²) in [5, 5.41) is 14.0. The first-order valence-electron chi connectivity index (χ1n) is 8.95. The van der Waals surface area contributed by atoms with Crippen LogP contribution in [-0.4, -0.2) is 22.1 Å². The van der Waals surface area contributed by atoms with E-state index in [0.717, 1.165) is 42.1 Å². The van der Waals surface area contributed by atoms with Crippen molar-refractivity contribution < 1.29 is 9.90 Å². The largest absolute Gasteiger partial charge is 0.393 e. The minimum atomic E-state index is -0.240. The Morgan fingerprint density at radius 1 is 1.29 bits per heavy atom. The molecule has 4 heteroatoms. The van der Waals surface area contributed by atoms with Crippen molar-refractivity contribution in [2.75, 3.05) is 0 Å². The molecule has 0 bridgehead atoms. The average molecular weight is 326 g/mol. The SMILES string of the molecule is CCC(CC)C(=O)N[C@H](c1cnc2ccccc2c1)C1CC(O)C1. The van der Waals surface area contributed by atoms with Crippen molar-refractivity contribution in [3.05, 3.63) is 42.1 Å². The molecular formula is C20H26N2O2. The first kappa shape index (κ1) is 16.9. The number of rotatable bonds is 6. The Morgan fingerprint density at radius 2 is 2.00 bits per heavy atom. The molecule has 3 rings (SSSR count). The van der Waals surface area contributed by atoms with E-state index in [9.17, 15) is 9.90 Å². The number of benzene rings is 1. The van der Waals surface area contributed by atoms with Crippen LogP contribution in [0.25, 0.3) is 10.9 Å². The van der Waals surface area contributed by atoms with Crippen LogP contribution in [0.3, 0.4) is 0 Å². The normalized spacial score (nSPS) is 21.5. The summed E-state index contributed by atoms with van der Waals surface area (Å²) in [6.45, 7) is 4.10. The van der Waals surface area contributed by atoms with Crippen LogP contribution >= 0.6 is 0 Å². The minimum absolute atomic E-state index is 0.0471. The van der Waals surface area contributed by atoms with Crippen LogP contribution in [0.4, 0.5) is 0 Å². The van der Waals surface area contributed by atoms with Gasteiger partial charge in [-0.05, 0) is 49.3 Å². The van der Waals surface area contributed by atoms with Gasteiger partial charge in [0, 0.05) is 17.5 Å². The van der Waals surface area contributed by atoms with E-state index in [1.54, 1.807) is 0 Å². The van der Waals surface area contributed by atoms with Crippen molar-refractivity contribution in [1.82, 2.24) is 10.3 Å². The van der Waals surface area contributed by atoms with Gasteiger partial charge in [-0.2, -0.15) is 0 Å². The van der Waals surface area contributed by atoms with Crippen molar-refractivity contribution in [3.63, 3.8) is 0 Å². The third-order valence-electron chi connectivity index (χ3n) is 5.25. The van der Waals surface area contributed by atoms with E-state index in [-0.39, 0.29) is 29.9 Å². The number of nitrogens with one attached hydrogen (secondary N) is 1. The summed E-state index contributed by atoms with van der Waals surface area (Å²) in [7, 11) is 0. The summed E-state index contributed by atoms with van der Waals surface area (Å²) >= 11 is 0. The third kappa shape index (κ3) is 3.44. The molecule has 0 saturated heterocycles. The van der Waals surface area contributed by atoms with Crippen LogP contribution < -0.4 is 5.32 Å². The van der Waals surface area contributed by atoms with E-state index in [1.807, 2.05) is 44.3 Å². The molecular weight excluding hydrogens is 300 g/mol. The number of carbonyl (C=O) groups is 1. The van der Waals surface area contributed by atoms with Gasteiger partial charge in [0.25, 0.3) is 0 Å². The number of amides is 1. The molecule has 4 nitrogen and oxygen atoms in total. The number of nitrogens with zero attached hydrogens (tertiary/aromatic N) is 1. The Kier molecular flexibility index (Phi) is 5.14. The molecule has 1 heterocycles. The molecule has 1 aromatic carbocycles. The zero-order valence-corrected chi connectivity index (χ0v) is 14.4. The molecule has 1 aliphatic carbocycles. The first-order chi connectivity index (χ1) is 11.6. The molecule has 1 aromatic heterocycles. The number of carbonyl (C=O) groups excluding carboxylic acids is 1. The zero-order chi connectivity index (χ0) is 17.1. The highest BCUT2D eigenvalue weighted by Crippen LogP contribution is 2.38. The molecule has 1 saturated carbocycles. The van der Waals surface area contributed by atoms with E-state index in [0.29, 0.717) is 0 Å². The fourth-order valence-electron chi connectivity index (χ4n) is 3.56. The van der Waals surface area contributed by atoms with Crippen LogP contribution in [0.15, 0.2) is 36.5 Å². The molecule has 0 aliphatic heterocycles. The van der Waals surface area contributed by atoms with E-state index >= 15 is 0 Å². The Morgan fingerprint density at radius 3 is 2.67 bits per heavy atom. The number of hydrogen-bond acceptors (Lipinski definition) is 3. The monoisotopic (exact) mass is 326 g/mol. The lowest BCUT2D eigenvalue weighted by Crippen LogP contribution is -2.43. The third-order valence-corrected chi connectivity index (χ3v) is 5.25. The summed E-state index contributed by atoms with van der Waals surface area (Å²) in [5.74, 6) is 0.437. The van der Waals surface area contributed by atoms with Crippen LogP contribution in [-0.2, 0) is 4.79 Å². The molecule has 0 unspecified atom stereocenters. The number of fused-ring (bicyclic) bond motifs is 1. The second-order valence-corrected chi connectivity index (χ2v) is 6.85. The fraction of sp³-hybridized carbons (Fsp3) is 0.500. The quantitative estimate of drug-likeness (QED) is 0.852. The lowest BCUT2D eigenvalue weighted by atomic mass is 9.75. The predicted octanol–water partition coefficient (Wildman–Crippen LogP) is 3.60. The van der Waals surface area contributed by atoms with Gasteiger partial charge in [-0.15, -0.1) is 0 Å². The Hall–Kier alpha value is -1.94. The molecule has 1 fully saturated rings. The number of aliphatic hydroxyl groups is 1. The van der Waals surface area contributed by atoms with Gasteiger partial charge in [-0.1, -0.05) is 32.0 Å². The fourth-order valence-corrected chi connectivity index (χ4v) is 3.56. The van der Waals surface area contributed by atoms with Gasteiger partial charge in [0.15, 0.2) is 0 Å². The van der Waals surface area contributed by atoms with E-state index < -0.39 is 0 Å². The van der Waals surface area contributed by atoms with Crippen LogP contribution in [0.5, 0.6) is 0 Å². The maximum atomic E-state index is 12.6. The van der Waals surface area contributed by atoms with Crippen molar-refractivity contribution in [2.45, 2.75) is 51.7 Å². The molecule has 1 atom stereocenters. The maximum absolute atomic E-state index is 12.6. The number of aromatic nitrogens is 1. The summed E-state index contributed by atoms with van der Waals surface area (Å²) in [5.41, 5.74) is 1.99. The molecule has 1 aliphatic rings. The number of pyridine rings is 1. The highest BCUT2D eigenvalue weighted by molar-refractivity contribution is 5.80. The second-order valence-electron chi connectivity index (χ2n) is 6.85. The van der Waals surface area contributed by atoms with Crippen molar-refractivity contribution in [1.29, 1.82) is 0 Å². The molecule has 2 N–H and O–H groups in total. The Bertz CT molecular complexity index is 706. The Labute approximate surface area is 143 Å². The highest BCUT2D eigenvalue weighted by atomic mass is 16.3. The number of para-hydroxylation sites is 1. The summed E-state index contributed by atoms with van der Waals surface area (Å²) in [6, 6.07) is 10.1. The van der Waals surface area contributed by atoms with Gasteiger partial charge >= 0.3 is 0 Å². The van der Waals surface area contributed by atoms with Crippen LogP contribution in [0.1, 0.15) is 51.1 Å². The van der Waals surface area contributed by atoms with Crippen molar-refractivity contribution in [3.8, 4) is 0 Å². The van der Waals surface area contributed by atoms with Crippen LogP contribution in [0, 0.1) is 11.8 Å². The summed E-state index contributed by atoms with van der Waals surface area (Å²) in [6.07, 6.45) is 4.79. The summed E-state index contributed by atoms with van der Waals surface area (Å²) < 4.78 is 0. The van der Waals surface area contributed by atoms with Crippen molar-refractivity contribution in [2.24, 2.45) is 11.8 Å². The molecule has 2 aromatic rings. The van der Waals surface area contributed by atoms with Gasteiger partial charge in [0.1, 0.15) is 0 Å². The number of hydrogen-bond donors (Lipinski definition) is 2. The van der Waals surface area contributed by atoms with E-state index in [2.05, 4.69) is 16.4 Å². The maximum Gasteiger partial charge on any atom is 0.223 e. The van der Waals surface area contributed by atoms with E-state index in [1.165, 1.54) is 0 Å².